The molecule has 6 heteroatoms. The van der Waals surface area contributed by atoms with Gasteiger partial charge in [0.2, 0.25) is 0 Å². The second kappa shape index (κ2) is 4.04. The van der Waals surface area contributed by atoms with E-state index in [2.05, 4.69) is 25.9 Å². The van der Waals surface area contributed by atoms with Gasteiger partial charge in [-0.25, -0.2) is 9.49 Å². The Morgan fingerprint density at radius 3 is 2.67 bits per heavy atom. The van der Waals surface area contributed by atoms with E-state index in [-0.39, 0.29) is 11.9 Å². The quantitative estimate of drug-likeness (QED) is 0.800. The maximum atomic E-state index is 12.6. The average Bonchev–Trinajstić information content (AvgIpc) is 2.74. The Bertz CT molecular complexity index is 411. The molecular weight excluding hydrogens is 197 g/mol. The lowest BCUT2D eigenvalue weighted by Gasteiger charge is -2.11. The number of nitrogens with zero attached hydrogens (tertiary/aromatic N) is 3. The van der Waals surface area contributed by atoms with Crippen molar-refractivity contribution in [1.29, 1.82) is 0 Å². The van der Waals surface area contributed by atoms with Crippen LogP contribution >= 0.6 is 0 Å². The van der Waals surface area contributed by atoms with Crippen molar-refractivity contribution in [3.05, 3.63) is 35.9 Å². The van der Waals surface area contributed by atoms with E-state index in [0.29, 0.717) is 5.82 Å². The number of hydrogen-bond donors (Lipinski definition) is 2. The third-order valence-electron chi connectivity index (χ3n) is 2.00. The molecule has 0 aliphatic carbocycles. The maximum Gasteiger partial charge on any atom is 0.170 e. The molecule has 15 heavy (non-hydrogen) atoms. The molecule has 5 nitrogen and oxygen atoms in total. The fourth-order valence-electron chi connectivity index (χ4n) is 1.21. The summed E-state index contributed by atoms with van der Waals surface area (Å²) in [4.78, 5) is 0. The number of anilines is 1. The zero-order chi connectivity index (χ0) is 10.7. The Morgan fingerprint density at radius 1 is 1.33 bits per heavy atom. The highest BCUT2D eigenvalue weighted by atomic mass is 19.1. The van der Waals surface area contributed by atoms with Crippen LogP contribution in [0.15, 0.2) is 24.3 Å². The second-order valence-electron chi connectivity index (χ2n) is 3.16. The van der Waals surface area contributed by atoms with Crippen molar-refractivity contribution >= 4 is 5.69 Å². The van der Waals surface area contributed by atoms with Crippen LogP contribution in [0.25, 0.3) is 0 Å². The molecule has 1 atom stereocenters. The van der Waals surface area contributed by atoms with Gasteiger partial charge in [-0.2, -0.15) is 0 Å². The van der Waals surface area contributed by atoms with Gasteiger partial charge >= 0.3 is 0 Å². The second-order valence-corrected chi connectivity index (χ2v) is 3.16. The lowest BCUT2D eigenvalue weighted by Crippen LogP contribution is -2.08. The summed E-state index contributed by atoms with van der Waals surface area (Å²) < 4.78 is 12.6. The zero-order valence-electron chi connectivity index (χ0n) is 8.11. The van der Waals surface area contributed by atoms with E-state index in [0.717, 1.165) is 5.69 Å². The predicted molar refractivity (Wildman–Crippen MR) is 52.6 cm³/mol. The van der Waals surface area contributed by atoms with Crippen LogP contribution in [0.4, 0.5) is 10.1 Å². The molecule has 2 aromatic rings. The van der Waals surface area contributed by atoms with Gasteiger partial charge in [-0.15, -0.1) is 5.10 Å². The third kappa shape index (κ3) is 2.28. The number of aromatic nitrogens is 4. The van der Waals surface area contributed by atoms with Gasteiger partial charge in [-0.05, 0) is 41.6 Å². The number of halogens is 1. The van der Waals surface area contributed by atoms with E-state index >= 15 is 0 Å². The van der Waals surface area contributed by atoms with Crippen LogP contribution in [-0.2, 0) is 0 Å². The summed E-state index contributed by atoms with van der Waals surface area (Å²) in [6, 6.07) is 6.07. The first-order valence-electron chi connectivity index (χ1n) is 4.51. The van der Waals surface area contributed by atoms with E-state index in [4.69, 9.17) is 0 Å². The van der Waals surface area contributed by atoms with Crippen LogP contribution in [0.5, 0.6) is 0 Å². The number of hydrogen-bond acceptors (Lipinski definition) is 4. The molecule has 0 aliphatic rings. The first-order valence-corrected chi connectivity index (χ1v) is 4.51. The number of aromatic amines is 1. The Labute approximate surface area is 85.7 Å². The SMILES string of the molecule is CC(Nc1ccc(F)cc1)c1nnn[nH]1. The monoisotopic (exact) mass is 207 g/mol. The minimum absolute atomic E-state index is 0.0505. The van der Waals surface area contributed by atoms with Gasteiger partial charge in [0.1, 0.15) is 5.82 Å². The van der Waals surface area contributed by atoms with Crippen molar-refractivity contribution in [3.63, 3.8) is 0 Å². The van der Waals surface area contributed by atoms with Crippen LogP contribution in [0, 0.1) is 5.82 Å². The third-order valence-corrected chi connectivity index (χ3v) is 2.00. The summed E-state index contributed by atoms with van der Waals surface area (Å²) in [5.41, 5.74) is 0.820. The van der Waals surface area contributed by atoms with Gasteiger partial charge in [0.25, 0.3) is 0 Å². The smallest absolute Gasteiger partial charge is 0.170 e. The summed E-state index contributed by atoms with van der Waals surface area (Å²) in [5.74, 6) is 0.383. The molecule has 1 heterocycles. The molecule has 0 fully saturated rings. The predicted octanol–water partition coefficient (Wildman–Crippen LogP) is 1.51. The molecular formula is C9H10FN5. The van der Waals surface area contributed by atoms with E-state index < -0.39 is 0 Å². The molecule has 2 N–H and O–H groups in total. The molecule has 1 aromatic heterocycles. The van der Waals surface area contributed by atoms with Crippen LogP contribution in [-0.4, -0.2) is 20.6 Å². The highest BCUT2D eigenvalue weighted by Gasteiger charge is 2.08. The van der Waals surface area contributed by atoms with Crippen molar-refractivity contribution in [2.45, 2.75) is 13.0 Å². The molecule has 2 rings (SSSR count). The molecule has 0 saturated heterocycles. The van der Waals surface area contributed by atoms with Crippen LogP contribution < -0.4 is 5.32 Å². The molecule has 78 valence electrons. The number of benzene rings is 1. The van der Waals surface area contributed by atoms with Crippen molar-refractivity contribution in [1.82, 2.24) is 20.6 Å². The van der Waals surface area contributed by atoms with Gasteiger partial charge in [0.05, 0.1) is 6.04 Å². The molecule has 0 radical (unpaired) electrons. The summed E-state index contributed by atoms with van der Waals surface area (Å²) in [6.45, 7) is 1.91. The number of rotatable bonds is 3. The van der Waals surface area contributed by atoms with Crippen LogP contribution in [0.3, 0.4) is 0 Å². The summed E-state index contributed by atoms with van der Waals surface area (Å²) in [6.07, 6.45) is 0. The Hall–Kier alpha value is -1.98. The van der Waals surface area contributed by atoms with Crippen LogP contribution in [0.2, 0.25) is 0 Å². The van der Waals surface area contributed by atoms with Gasteiger partial charge in [-0.3, -0.25) is 0 Å². The van der Waals surface area contributed by atoms with Gasteiger partial charge < -0.3 is 5.32 Å². The summed E-state index contributed by atoms with van der Waals surface area (Å²) >= 11 is 0. The highest BCUT2D eigenvalue weighted by molar-refractivity contribution is 5.44. The molecule has 0 amide bonds. The standard InChI is InChI=1S/C9H10FN5/c1-6(9-12-14-15-13-9)11-8-4-2-7(10)3-5-8/h2-6,11H,1H3,(H,12,13,14,15). The van der Waals surface area contributed by atoms with E-state index in [9.17, 15) is 4.39 Å². The van der Waals surface area contributed by atoms with E-state index in [1.165, 1.54) is 12.1 Å². The Kier molecular flexibility index (Phi) is 2.57. The largest absolute Gasteiger partial charge is 0.375 e. The summed E-state index contributed by atoms with van der Waals surface area (Å²) in [7, 11) is 0. The van der Waals surface area contributed by atoms with Crippen molar-refractivity contribution in [2.75, 3.05) is 5.32 Å². The molecule has 1 aromatic carbocycles. The number of nitrogens with one attached hydrogen (secondary N) is 2. The molecule has 0 saturated carbocycles. The lowest BCUT2D eigenvalue weighted by molar-refractivity contribution is 0.628. The maximum absolute atomic E-state index is 12.6. The lowest BCUT2D eigenvalue weighted by atomic mass is 10.2. The fraction of sp³-hybridized carbons (Fsp3) is 0.222. The van der Waals surface area contributed by atoms with Crippen molar-refractivity contribution in [2.24, 2.45) is 0 Å². The van der Waals surface area contributed by atoms with E-state index in [1.807, 2.05) is 6.92 Å². The Morgan fingerprint density at radius 2 is 2.07 bits per heavy atom. The van der Waals surface area contributed by atoms with Crippen molar-refractivity contribution < 1.29 is 4.39 Å². The Balaban J connectivity index is 2.06. The van der Waals surface area contributed by atoms with Gasteiger partial charge in [0, 0.05) is 5.69 Å². The topological polar surface area (TPSA) is 66.5 Å². The normalized spacial score (nSPS) is 12.4. The average molecular weight is 207 g/mol. The van der Waals surface area contributed by atoms with E-state index in [1.54, 1.807) is 12.1 Å². The first kappa shape index (κ1) is 9.57. The highest BCUT2D eigenvalue weighted by Crippen LogP contribution is 2.15. The number of H-pyrrole nitrogens is 1. The molecule has 0 spiro atoms. The fourth-order valence-corrected chi connectivity index (χ4v) is 1.21. The molecule has 0 bridgehead atoms. The molecule has 0 aliphatic heterocycles. The number of tetrazole rings is 1. The minimum atomic E-state index is -0.255. The molecule has 1 unspecified atom stereocenters. The van der Waals surface area contributed by atoms with Gasteiger partial charge in [0.15, 0.2) is 5.82 Å². The van der Waals surface area contributed by atoms with Gasteiger partial charge in [-0.1, -0.05) is 0 Å². The summed E-state index contributed by atoms with van der Waals surface area (Å²) in [5, 5.41) is 16.5. The van der Waals surface area contributed by atoms with Crippen molar-refractivity contribution in [3.8, 4) is 0 Å². The zero-order valence-corrected chi connectivity index (χ0v) is 8.11. The first-order chi connectivity index (χ1) is 7.25. The van der Waals surface area contributed by atoms with Crippen LogP contribution in [0.1, 0.15) is 18.8 Å². The minimum Gasteiger partial charge on any atom is -0.375 e.